The fraction of sp³-hybridized carbons (Fsp3) is 0.211. The van der Waals surface area contributed by atoms with Crippen LogP contribution in [0.15, 0.2) is 42.7 Å². The van der Waals surface area contributed by atoms with E-state index in [-0.39, 0.29) is 11.7 Å². The van der Waals surface area contributed by atoms with Crippen LogP contribution in [0.3, 0.4) is 0 Å². The third-order valence-corrected chi connectivity index (χ3v) is 6.10. The van der Waals surface area contributed by atoms with Crippen molar-refractivity contribution in [3.05, 3.63) is 54.1 Å². The third kappa shape index (κ3) is 3.76. The van der Waals surface area contributed by atoms with Crippen LogP contribution in [-0.4, -0.2) is 44.7 Å². The second-order valence-corrected chi connectivity index (χ2v) is 8.02. The van der Waals surface area contributed by atoms with E-state index in [1.807, 2.05) is 12.1 Å². The van der Waals surface area contributed by atoms with Crippen LogP contribution in [0, 0.1) is 11.2 Å². The van der Waals surface area contributed by atoms with Crippen molar-refractivity contribution in [2.24, 2.45) is 0 Å². The summed E-state index contributed by atoms with van der Waals surface area (Å²) in [5.41, 5.74) is 1.59. The summed E-state index contributed by atoms with van der Waals surface area (Å²) in [7, 11) is 3.14. The molecule has 0 saturated carbocycles. The predicted octanol–water partition coefficient (Wildman–Crippen LogP) is 2.70. The van der Waals surface area contributed by atoms with Crippen molar-refractivity contribution in [2.45, 2.75) is 6.04 Å². The summed E-state index contributed by atoms with van der Waals surface area (Å²) in [4.78, 5) is 8.74. The maximum absolute atomic E-state index is 14.5. The van der Waals surface area contributed by atoms with Gasteiger partial charge in [0.05, 0.1) is 31.7 Å². The monoisotopic (exact) mass is 414 g/mol. The summed E-state index contributed by atoms with van der Waals surface area (Å²) in [5.74, 6) is 0.896. The lowest BCUT2D eigenvalue weighted by Crippen LogP contribution is -2.52. The summed E-state index contributed by atoms with van der Waals surface area (Å²) in [6.45, 7) is 0. The number of methoxy groups -OCH3 is 1. The van der Waals surface area contributed by atoms with Gasteiger partial charge in [0, 0.05) is 22.8 Å². The first-order valence-corrected chi connectivity index (χ1v) is 10.1. The van der Waals surface area contributed by atoms with Crippen LogP contribution >= 0.6 is 0 Å². The fourth-order valence-electron chi connectivity index (χ4n) is 3.09. The molecule has 0 spiro atoms. The Morgan fingerprint density at radius 2 is 2.17 bits per heavy atom. The Morgan fingerprint density at radius 1 is 1.34 bits per heavy atom. The number of nitrogens with one attached hydrogen (secondary N) is 3. The van der Waals surface area contributed by atoms with E-state index >= 15 is 0 Å². The van der Waals surface area contributed by atoms with Crippen molar-refractivity contribution >= 4 is 39.7 Å². The van der Waals surface area contributed by atoms with Crippen LogP contribution < -0.4 is 15.4 Å². The lowest BCUT2D eigenvalue weighted by Gasteiger charge is -2.33. The van der Waals surface area contributed by atoms with Crippen LogP contribution in [0.25, 0.3) is 10.9 Å². The Bertz CT molecular complexity index is 1080. The van der Waals surface area contributed by atoms with Crippen LogP contribution in [0.4, 0.5) is 15.9 Å². The van der Waals surface area contributed by atoms with Crippen molar-refractivity contribution in [2.75, 3.05) is 25.2 Å². The molecule has 1 fully saturated rings. The van der Waals surface area contributed by atoms with Gasteiger partial charge < -0.3 is 19.9 Å². The van der Waals surface area contributed by atoms with Gasteiger partial charge in [-0.15, -0.1) is 0 Å². The van der Waals surface area contributed by atoms with Crippen molar-refractivity contribution in [3.63, 3.8) is 0 Å². The van der Waals surface area contributed by atoms with Crippen LogP contribution in [0.5, 0.6) is 5.75 Å². The van der Waals surface area contributed by atoms with Gasteiger partial charge in [0.25, 0.3) is 0 Å². The molecule has 3 N–H and O–H groups in total. The minimum Gasteiger partial charge on any atom is -0.593 e. The zero-order valence-electron chi connectivity index (χ0n) is 15.8. The minimum absolute atomic E-state index is 0.00814. The molecular weight excluding hydrogens is 395 g/mol. The first kappa shape index (κ1) is 19.2. The Hall–Kier alpha value is -3.11. The standard InChI is InChI=1S/C19H19FN6O2S/c1-26-19(21)25-16(10-29(26)27)14-8-12(3-4-15(14)20)24-18-17-11(5-6-22-18)7-13(28-2)9-23-17/h3-9,16H,10H2,1-2H3,(H2,21,25)(H,22,24). The van der Waals surface area contributed by atoms with Gasteiger partial charge in [0.2, 0.25) is 5.96 Å². The van der Waals surface area contributed by atoms with Crippen molar-refractivity contribution in [1.29, 1.82) is 5.41 Å². The Kier molecular flexibility index (Phi) is 5.12. The number of rotatable bonds is 4. The smallest absolute Gasteiger partial charge is 0.234 e. The number of benzene rings is 1. The number of guanidine groups is 1. The Balaban J connectivity index is 1.65. The van der Waals surface area contributed by atoms with E-state index in [0.717, 1.165) is 5.39 Å². The van der Waals surface area contributed by atoms with E-state index in [1.165, 1.54) is 10.4 Å². The second kappa shape index (κ2) is 7.72. The molecule has 1 aliphatic heterocycles. The molecule has 10 heteroatoms. The second-order valence-electron chi connectivity index (χ2n) is 6.50. The predicted molar refractivity (Wildman–Crippen MR) is 110 cm³/mol. The number of nitrogens with zero attached hydrogens (tertiary/aromatic N) is 3. The minimum atomic E-state index is -1.40. The summed E-state index contributed by atoms with van der Waals surface area (Å²) in [5, 5.41) is 14.8. The number of ether oxygens (including phenoxy) is 1. The average Bonchev–Trinajstić information content (AvgIpc) is 2.72. The Labute approximate surface area is 169 Å². The number of pyridine rings is 2. The molecule has 2 aromatic heterocycles. The highest BCUT2D eigenvalue weighted by Gasteiger charge is 2.33. The topological polar surface area (TPSA) is 109 Å². The van der Waals surface area contributed by atoms with Gasteiger partial charge in [-0.2, -0.15) is 4.31 Å². The molecule has 4 rings (SSSR count). The quantitative estimate of drug-likeness (QED) is 0.563. The van der Waals surface area contributed by atoms with Gasteiger partial charge in [0.1, 0.15) is 23.1 Å². The SMILES string of the molecule is COc1cnc2c(Nc3ccc(F)c(C4C[S+]([O-])N(C)C(=N)N4)c3)nccc2c1. The number of hydrogen-bond acceptors (Lipinski definition) is 6. The highest BCUT2D eigenvalue weighted by Crippen LogP contribution is 2.29. The number of hydrogen-bond donors (Lipinski definition) is 3. The molecule has 1 saturated heterocycles. The lowest BCUT2D eigenvalue weighted by atomic mass is 10.1. The highest BCUT2D eigenvalue weighted by molar-refractivity contribution is 7.89. The molecule has 0 bridgehead atoms. The maximum Gasteiger partial charge on any atom is 0.234 e. The van der Waals surface area contributed by atoms with E-state index in [0.29, 0.717) is 28.3 Å². The molecule has 29 heavy (non-hydrogen) atoms. The first-order valence-electron chi connectivity index (χ1n) is 8.79. The molecule has 0 radical (unpaired) electrons. The average molecular weight is 414 g/mol. The normalized spacial score (nSPS) is 19.2. The van der Waals surface area contributed by atoms with Crippen molar-refractivity contribution in [3.8, 4) is 5.75 Å². The molecule has 0 amide bonds. The zero-order chi connectivity index (χ0) is 20.5. The highest BCUT2D eigenvalue weighted by atomic mass is 32.2. The van der Waals surface area contributed by atoms with Crippen LogP contribution in [0.2, 0.25) is 0 Å². The van der Waals surface area contributed by atoms with E-state index in [4.69, 9.17) is 10.1 Å². The number of fused-ring (bicyclic) bond motifs is 1. The molecule has 150 valence electrons. The molecule has 1 aliphatic rings. The third-order valence-electron chi connectivity index (χ3n) is 4.68. The van der Waals surface area contributed by atoms with E-state index in [1.54, 1.807) is 38.7 Å². The number of anilines is 2. The lowest BCUT2D eigenvalue weighted by molar-refractivity contribution is 0.414. The molecule has 3 aromatic rings. The summed E-state index contributed by atoms with van der Waals surface area (Å²) >= 11 is -1.40. The summed E-state index contributed by atoms with van der Waals surface area (Å²) in [6, 6.07) is 7.69. The van der Waals surface area contributed by atoms with E-state index in [9.17, 15) is 8.94 Å². The number of halogens is 1. The maximum atomic E-state index is 14.5. The van der Waals surface area contributed by atoms with Gasteiger partial charge >= 0.3 is 0 Å². The molecule has 2 atom stereocenters. The Morgan fingerprint density at radius 3 is 2.93 bits per heavy atom. The molecule has 3 heterocycles. The van der Waals surface area contributed by atoms with E-state index < -0.39 is 23.2 Å². The molecular formula is C19H19FN6O2S. The largest absolute Gasteiger partial charge is 0.593 e. The summed E-state index contributed by atoms with van der Waals surface area (Å²) < 4.78 is 33.2. The van der Waals surface area contributed by atoms with E-state index in [2.05, 4.69) is 20.6 Å². The molecule has 2 unspecified atom stereocenters. The van der Waals surface area contributed by atoms with Crippen LogP contribution in [-0.2, 0) is 11.4 Å². The van der Waals surface area contributed by atoms with Crippen LogP contribution in [0.1, 0.15) is 11.6 Å². The van der Waals surface area contributed by atoms with Gasteiger partial charge in [0.15, 0.2) is 11.6 Å². The molecule has 0 aliphatic carbocycles. The molecule has 8 nitrogen and oxygen atoms in total. The van der Waals surface area contributed by atoms with Gasteiger partial charge in [-0.05, 0) is 30.3 Å². The summed E-state index contributed by atoms with van der Waals surface area (Å²) in [6.07, 6.45) is 3.26. The molecule has 1 aromatic carbocycles. The van der Waals surface area contributed by atoms with Gasteiger partial charge in [-0.1, -0.05) is 0 Å². The fourth-order valence-corrected chi connectivity index (χ4v) is 4.12. The van der Waals surface area contributed by atoms with Gasteiger partial charge in [-0.25, -0.2) is 14.4 Å². The first-order chi connectivity index (χ1) is 14.0. The van der Waals surface area contributed by atoms with Crippen molar-refractivity contribution < 1.29 is 13.7 Å². The zero-order valence-corrected chi connectivity index (χ0v) is 16.6. The van der Waals surface area contributed by atoms with Gasteiger partial charge in [-0.3, -0.25) is 5.41 Å². The number of aromatic nitrogens is 2. The van der Waals surface area contributed by atoms with Crippen molar-refractivity contribution in [1.82, 2.24) is 19.6 Å².